The van der Waals surface area contributed by atoms with Crippen LogP contribution in [-0.4, -0.2) is 43.1 Å². The molecule has 8 nitrogen and oxygen atoms in total. The van der Waals surface area contributed by atoms with Crippen molar-refractivity contribution >= 4 is 23.5 Å². The summed E-state index contributed by atoms with van der Waals surface area (Å²) in [5, 5.41) is 0.559. The molecule has 1 fully saturated rings. The van der Waals surface area contributed by atoms with E-state index in [0.29, 0.717) is 16.5 Å². The SMILES string of the molecule is CC(=O)OCC1OC(Oc2ccc(Cl)cc2)=C(OC2OC2C)C(C)[C@H]1OC(C)=O. The summed E-state index contributed by atoms with van der Waals surface area (Å²) >= 11 is 5.92. The minimum Gasteiger partial charge on any atom is -0.462 e. The van der Waals surface area contributed by atoms with Crippen molar-refractivity contribution < 1.29 is 38.0 Å². The number of rotatable bonds is 7. The van der Waals surface area contributed by atoms with Crippen molar-refractivity contribution in [2.45, 2.75) is 52.3 Å². The first-order valence-corrected chi connectivity index (χ1v) is 9.59. The number of hydrogen-bond acceptors (Lipinski definition) is 8. The van der Waals surface area contributed by atoms with Crippen LogP contribution in [0.4, 0.5) is 0 Å². The largest absolute Gasteiger partial charge is 0.462 e. The molecule has 29 heavy (non-hydrogen) atoms. The van der Waals surface area contributed by atoms with Crippen LogP contribution in [0.2, 0.25) is 5.02 Å². The van der Waals surface area contributed by atoms with Gasteiger partial charge >= 0.3 is 17.9 Å². The zero-order valence-corrected chi connectivity index (χ0v) is 17.3. The van der Waals surface area contributed by atoms with Crippen molar-refractivity contribution in [1.82, 2.24) is 0 Å². The second-order valence-electron chi connectivity index (χ2n) is 6.86. The van der Waals surface area contributed by atoms with Crippen molar-refractivity contribution in [2.24, 2.45) is 5.92 Å². The topological polar surface area (TPSA) is 92.8 Å². The Bertz CT molecular complexity index is 790. The molecular formula is C20H23ClO8. The minimum absolute atomic E-state index is 0.0718. The van der Waals surface area contributed by atoms with Crippen LogP contribution >= 0.6 is 11.6 Å². The van der Waals surface area contributed by atoms with E-state index in [1.54, 1.807) is 24.3 Å². The van der Waals surface area contributed by atoms with Gasteiger partial charge in [-0.2, -0.15) is 0 Å². The molecule has 0 bridgehead atoms. The first-order chi connectivity index (χ1) is 13.7. The number of halogens is 1. The Hall–Kier alpha value is -2.45. The van der Waals surface area contributed by atoms with Crippen LogP contribution in [0.1, 0.15) is 27.7 Å². The van der Waals surface area contributed by atoms with Crippen LogP contribution in [-0.2, 0) is 33.3 Å². The number of esters is 2. The van der Waals surface area contributed by atoms with Crippen molar-refractivity contribution in [2.75, 3.05) is 6.61 Å². The van der Waals surface area contributed by atoms with E-state index in [1.807, 2.05) is 13.8 Å². The van der Waals surface area contributed by atoms with E-state index in [0.717, 1.165) is 0 Å². The lowest BCUT2D eigenvalue weighted by Crippen LogP contribution is -2.46. The molecule has 2 heterocycles. The second kappa shape index (κ2) is 8.92. The molecule has 0 radical (unpaired) electrons. The molecule has 0 amide bonds. The van der Waals surface area contributed by atoms with E-state index >= 15 is 0 Å². The third-order valence-electron chi connectivity index (χ3n) is 4.41. The van der Waals surface area contributed by atoms with Gasteiger partial charge in [0.2, 0.25) is 6.29 Å². The summed E-state index contributed by atoms with van der Waals surface area (Å²) in [6, 6.07) is 6.70. The Morgan fingerprint density at radius 3 is 2.31 bits per heavy atom. The molecule has 158 valence electrons. The molecule has 2 aliphatic rings. The summed E-state index contributed by atoms with van der Waals surface area (Å²) in [5.74, 6) is -0.501. The Balaban J connectivity index is 1.90. The number of carbonyl (C=O) groups is 2. The molecule has 1 saturated heterocycles. The molecule has 0 aromatic heterocycles. The molecule has 1 aromatic rings. The molecule has 9 heteroatoms. The summed E-state index contributed by atoms with van der Waals surface area (Å²) in [5.41, 5.74) is 0. The molecule has 0 aliphatic carbocycles. The number of hydrogen-bond donors (Lipinski definition) is 0. The van der Waals surface area contributed by atoms with Gasteiger partial charge in [-0.3, -0.25) is 9.59 Å². The number of carbonyl (C=O) groups excluding carboxylic acids is 2. The summed E-state index contributed by atoms with van der Waals surface area (Å²) in [4.78, 5) is 22.9. The van der Waals surface area contributed by atoms with E-state index in [9.17, 15) is 9.59 Å². The zero-order chi connectivity index (χ0) is 21.1. The van der Waals surface area contributed by atoms with Crippen LogP contribution < -0.4 is 4.74 Å². The van der Waals surface area contributed by atoms with Crippen LogP contribution in [0.15, 0.2) is 36.0 Å². The lowest BCUT2D eigenvalue weighted by Gasteiger charge is -2.37. The summed E-state index contributed by atoms with van der Waals surface area (Å²) < 4.78 is 33.6. The van der Waals surface area contributed by atoms with Crippen molar-refractivity contribution in [3.05, 3.63) is 41.0 Å². The molecule has 4 unspecified atom stereocenters. The molecule has 5 atom stereocenters. The van der Waals surface area contributed by atoms with Crippen LogP contribution in [0, 0.1) is 5.92 Å². The van der Waals surface area contributed by atoms with Gasteiger partial charge in [-0.1, -0.05) is 18.5 Å². The van der Waals surface area contributed by atoms with Gasteiger partial charge in [-0.25, -0.2) is 0 Å². The fourth-order valence-corrected chi connectivity index (χ4v) is 3.00. The maximum Gasteiger partial charge on any atom is 0.325 e. The van der Waals surface area contributed by atoms with Crippen LogP contribution in [0.5, 0.6) is 5.75 Å². The standard InChI is InChI=1S/C20H23ClO8/c1-10-17(26-13(4)23)16(9-24-12(3)22)28-20(18(10)29-19-11(2)25-19)27-15-7-5-14(21)6-8-15/h5-8,10-11,16-17,19H,9H2,1-4H3/t10?,11?,16?,17-,19?/m1/s1. The number of benzene rings is 1. The van der Waals surface area contributed by atoms with Gasteiger partial charge in [0.05, 0.1) is 5.92 Å². The monoisotopic (exact) mass is 426 g/mol. The maximum atomic E-state index is 11.6. The Labute approximate surface area is 173 Å². The summed E-state index contributed by atoms with van der Waals surface area (Å²) in [7, 11) is 0. The normalized spacial score (nSPS) is 28.2. The number of ether oxygens (including phenoxy) is 6. The molecule has 0 saturated carbocycles. The Kier molecular flexibility index (Phi) is 6.54. The molecule has 2 aliphatic heterocycles. The van der Waals surface area contributed by atoms with E-state index < -0.39 is 36.4 Å². The van der Waals surface area contributed by atoms with Crippen LogP contribution in [0.3, 0.4) is 0 Å². The average Bonchev–Trinajstić information content (AvgIpc) is 3.35. The summed E-state index contributed by atoms with van der Waals surface area (Å²) in [6.07, 6.45) is -2.03. The third kappa shape index (κ3) is 5.55. The molecule has 3 rings (SSSR count). The highest BCUT2D eigenvalue weighted by Crippen LogP contribution is 2.38. The highest BCUT2D eigenvalue weighted by atomic mass is 35.5. The lowest BCUT2D eigenvalue weighted by atomic mass is 9.95. The minimum atomic E-state index is -0.773. The molecule has 0 N–H and O–H groups in total. The summed E-state index contributed by atoms with van der Waals surface area (Å²) in [6.45, 7) is 6.14. The highest BCUT2D eigenvalue weighted by molar-refractivity contribution is 6.30. The first-order valence-electron chi connectivity index (χ1n) is 9.21. The van der Waals surface area contributed by atoms with Crippen molar-refractivity contribution in [1.29, 1.82) is 0 Å². The molecule has 1 aromatic carbocycles. The van der Waals surface area contributed by atoms with Gasteiger partial charge in [0.1, 0.15) is 18.5 Å². The van der Waals surface area contributed by atoms with E-state index in [-0.39, 0.29) is 18.7 Å². The van der Waals surface area contributed by atoms with E-state index in [1.165, 1.54) is 13.8 Å². The predicted molar refractivity (Wildman–Crippen MR) is 101 cm³/mol. The van der Waals surface area contributed by atoms with Gasteiger partial charge in [-0.15, -0.1) is 0 Å². The van der Waals surface area contributed by atoms with Crippen molar-refractivity contribution in [3.8, 4) is 5.75 Å². The average molecular weight is 427 g/mol. The predicted octanol–water partition coefficient (Wildman–Crippen LogP) is 3.18. The fraction of sp³-hybridized carbons (Fsp3) is 0.500. The Morgan fingerprint density at radius 1 is 1.10 bits per heavy atom. The van der Waals surface area contributed by atoms with Gasteiger partial charge in [0, 0.05) is 18.9 Å². The van der Waals surface area contributed by atoms with Crippen LogP contribution in [0.25, 0.3) is 0 Å². The maximum absolute atomic E-state index is 11.6. The first kappa shape index (κ1) is 21.3. The Morgan fingerprint density at radius 2 is 1.76 bits per heavy atom. The van der Waals surface area contributed by atoms with Gasteiger partial charge < -0.3 is 28.4 Å². The molecular weight excluding hydrogens is 404 g/mol. The van der Waals surface area contributed by atoms with Gasteiger partial charge in [0.25, 0.3) is 0 Å². The van der Waals surface area contributed by atoms with Gasteiger partial charge in [0.15, 0.2) is 18.0 Å². The number of epoxide rings is 1. The van der Waals surface area contributed by atoms with E-state index in [4.69, 9.17) is 40.0 Å². The van der Waals surface area contributed by atoms with Gasteiger partial charge in [-0.05, 0) is 31.2 Å². The van der Waals surface area contributed by atoms with E-state index in [2.05, 4.69) is 0 Å². The molecule has 0 spiro atoms. The third-order valence-corrected chi connectivity index (χ3v) is 4.66. The quantitative estimate of drug-likeness (QED) is 0.485. The lowest BCUT2D eigenvalue weighted by molar-refractivity contribution is -0.175. The van der Waals surface area contributed by atoms with Crippen molar-refractivity contribution in [3.63, 3.8) is 0 Å². The zero-order valence-electron chi connectivity index (χ0n) is 16.5. The highest BCUT2D eigenvalue weighted by Gasteiger charge is 2.47. The second-order valence-corrected chi connectivity index (χ2v) is 7.29. The smallest absolute Gasteiger partial charge is 0.325 e. The fourth-order valence-electron chi connectivity index (χ4n) is 2.87.